The van der Waals surface area contributed by atoms with Crippen LogP contribution in [0.3, 0.4) is 0 Å². The molecule has 3 N–H and O–H groups in total. The molecule has 0 radical (unpaired) electrons. The molecule has 0 saturated heterocycles. The fourth-order valence-corrected chi connectivity index (χ4v) is 1.74. The fraction of sp³-hybridized carbons (Fsp3) is 0. The van der Waals surface area contributed by atoms with Crippen LogP contribution in [0.1, 0.15) is 11.1 Å². The standard InChI is InChI=1S/C10H6N6S/c11-1-5-8(7-3-14-4-15-7)6(2-12)10(17)16-9(5)13/h3-4H,(H,14,15)(H3,13,16,17). The molecule has 0 spiro atoms. The smallest absolute Gasteiger partial charge is 0.143 e. The van der Waals surface area contributed by atoms with Crippen LogP contribution in [-0.2, 0) is 0 Å². The average Bonchev–Trinajstić information content (AvgIpc) is 2.81. The number of nitrogens with one attached hydrogen (secondary N) is 1. The fourth-order valence-electron chi connectivity index (χ4n) is 1.47. The van der Waals surface area contributed by atoms with Gasteiger partial charge in [-0.15, -0.1) is 12.6 Å². The lowest BCUT2D eigenvalue weighted by atomic mass is 10.0. The molecule has 82 valence electrons. The van der Waals surface area contributed by atoms with E-state index in [1.807, 2.05) is 12.1 Å². The molecule has 0 aliphatic heterocycles. The molecule has 0 aromatic carbocycles. The largest absolute Gasteiger partial charge is 0.383 e. The van der Waals surface area contributed by atoms with Gasteiger partial charge >= 0.3 is 0 Å². The van der Waals surface area contributed by atoms with Crippen LogP contribution in [0.5, 0.6) is 0 Å². The van der Waals surface area contributed by atoms with Gasteiger partial charge in [0.2, 0.25) is 0 Å². The van der Waals surface area contributed by atoms with E-state index < -0.39 is 0 Å². The molecule has 17 heavy (non-hydrogen) atoms. The Bertz CT molecular complexity index is 609. The van der Waals surface area contributed by atoms with Crippen molar-refractivity contribution in [3.8, 4) is 23.4 Å². The van der Waals surface area contributed by atoms with E-state index in [0.29, 0.717) is 11.3 Å². The van der Waals surface area contributed by atoms with Crippen LogP contribution in [0.15, 0.2) is 17.6 Å². The van der Waals surface area contributed by atoms with Crippen molar-refractivity contribution in [3.05, 3.63) is 23.7 Å². The average molecular weight is 242 g/mol. The second-order valence-electron chi connectivity index (χ2n) is 3.13. The number of imidazole rings is 1. The summed E-state index contributed by atoms with van der Waals surface area (Å²) in [6, 6.07) is 3.89. The molecule has 0 atom stereocenters. The Kier molecular flexibility index (Phi) is 2.69. The Morgan fingerprint density at radius 2 is 2.00 bits per heavy atom. The highest BCUT2D eigenvalue weighted by molar-refractivity contribution is 7.80. The van der Waals surface area contributed by atoms with Crippen LogP contribution in [0.4, 0.5) is 5.82 Å². The van der Waals surface area contributed by atoms with E-state index in [0.717, 1.165) is 0 Å². The van der Waals surface area contributed by atoms with Gasteiger partial charge in [0, 0.05) is 5.56 Å². The lowest BCUT2D eigenvalue weighted by molar-refractivity contribution is 1.12. The van der Waals surface area contributed by atoms with Gasteiger partial charge in [0.15, 0.2) is 0 Å². The first-order chi connectivity index (χ1) is 8.19. The van der Waals surface area contributed by atoms with Gasteiger partial charge in [-0.05, 0) is 0 Å². The van der Waals surface area contributed by atoms with Gasteiger partial charge in [-0.2, -0.15) is 10.5 Å². The molecular formula is C10H6N6S. The van der Waals surface area contributed by atoms with Crippen molar-refractivity contribution in [2.24, 2.45) is 0 Å². The molecule has 0 fully saturated rings. The van der Waals surface area contributed by atoms with Crippen LogP contribution >= 0.6 is 12.6 Å². The molecular weight excluding hydrogens is 236 g/mol. The van der Waals surface area contributed by atoms with Crippen molar-refractivity contribution in [1.82, 2.24) is 15.0 Å². The number of hydrogen-bond acceptors (Lipinski definition) is 6. The maximum Gasteiger partial charge on any atom is 0.143 e. The molecule has 0 aliphatic carbocycles. The van der Waals surface area contributed by atoms with Crippen LogP contribution in [-0.4, -0.2) is 15.0 Å². The number of nitrogens with zero attached hydrogens (tertiary/aromatic N) is 4. The van der Waals surface area contributed by atoms with Crippen molar-refractivity contribution < 1.29 is 0 Å². The van der Waals surface area contributed by atoms with E-state index in [1.54, 1.807) is 0 Å². The number of nitrogen functional groups attached to an aromatic ring is 1. The number of thiol groups is 1. The Hall–Kier alpha value is -2.51. The first-order valence-electron chi connectivity index (χ1n) is 4.50. The van der Waals surface area contributed by atoms with Crippen LogP contribution in [0.25, 0.3) is 11.3 Å². The van der Waals surface area contributed by atoms with Gasteiger partial charge in [0.1, 0.15) is 28.5 Å². The summed E-state index contributed by atoms with van der Waals surface area (Å²) in [6.07, 6.45) is 2.95. The van der Waals surface area contributed by atoms with Gasteiger partial charge in [-0.1, -0.05) is 0 Å². The van der Waals surface area contributed by atoms with Crippen molar-refractivity contribution in [1.29, 1.82) is 10.5 Å². The zero-order valence-electron chi connectivity index (χ0n) is 8.47. The highest BCUT2D eigenvalue weighted by Crippen LogP contribution is 2.31. The molecule has 2 heterocycles. The second-order valence-corrected chi connectivity index (χ2v) is 3.56. The minimum absolute atomic E-state index is 0.0427. The number of rotatable bonds is 1. The zero-order chi connectivity index (χ0) is 12.4. The lowest BCUT2D eigenvalue weighted by Gasteiger charge is -2.08. The summed E-state index contributed by atoms with van der Waals surface area (Å²) in [6.45, 7) is 0. The summed E-state index contributed by atoms with van der Waals surface area (Å²) >= 11 is 4.08. The van der Waals surface area contributed by atoms with E-state index >= 15 is 0 Å². The van der Waals surface area contributed by atoms with E-state index in [2.05, 4.69) is 27.6 Å². The summed E-state index contributed by atoms with van der Waals surface area (Å²) in [7, 11) is 0. The number of hydrogen-bond donors (Lipinski definition) is 3. The Balaban J connectivity index is 2.89. The van der Waals surface area contributed by atoms with Gasteiger partial charge in [0.25, 0.3) is 0 Å². The van der Waals surface area contributed by atoms with Crippen molar-refractivity contribution in [2.75, 3.05) is 5.73 Å². The van der Waals surface area contributed by atoms with Crippen LogP contribution in [0.2, 0.25) is 0 Å². The minimum atomic E-state index is 0.0427. The van der Waals surface area contributed by atoms with E-state index in [9.17, 15) is 0 Å². The van der Waals surface area contributed by atoms with Gasteiger partial charge in [0.05, 0.1) is 23.8 Å². The summed E-state index contributed by atoms with van der Waals surface area (Å²) in [5.41, 5.74) is 6.89. The summed E-state index contributed by atoms with van der Waals surface area (Å²) in [4.78, 5) is 10.5. The number of aromatic amines is 1. The quantitative estimate of drug-likeness (QED) is 0.647. The van der Waals surface area contributed by atoms with Gasteiger partial charge < -0.3 is 10.7 Å². The molecule has 0 aliphatic rings. The number of aromatic nitrogens is 3. The number of nitrogens with two attached hydrogens (primary N) is 1. The second kappa shape index (κ2) is 4.16. The predicted octanol–water partition coefficient (Wildman–Crippen LogP) is 1.09. The van der Waals surface area contributed by atoms with Crippen LogP contribution in [0, 0.1) is 22.7 Å². The molecule has 2 aromatic rings. The highest BCUT2D eigenvalue weighted by Gasteiger charge is 2.19. The normalized spacial score (nSPS) is 9.59. The third-order valence-electron chi connectivity index (χ3n) is 2.20. The maximum absolute atomic E-state index is 9.09. The lowest BCUT2D eigenvalue weighted by Crippen LogP contribution is -2.02. The zero-order valence-corrected chi connectivity index (χ0v) is 9.36. The summed E-state index contributed by atoms with van der Waals surface area (Å²) in [5.74, 6) is 0.0427. The maximum atomic E-state index is 9.09. The number of anilines is 1. The number of nitriles is 2. The molecule has 0 unspecified atom stereocenters. The first kappa shape index (κ1) is 11.0. The van der Waals surface area contributed by atoms with E-state index in [-0.39, 0.29) is 22.0 Å². The molecule has 2 aromatic heterocycles. The molecule has 0 amide bonds. The molecule has 7 heteroatoms. The van der Waals surface area contributed by atoms with Crippen molar-refractivity contribution in [3.63, 3.8) is 0 Å². The molecule has 0 saturated carbocycles. The summed E-state index contributed by atoms with van der Waals surface area (Å²) in [5, 5.41) is 18.3. The third-order valence-corrected chi connectivity index (χ3v) is 2.52. The predicted molar refractivity (Wildman–Crippen MR) is 62.9 cm³/mol. The molecule has 6 nitrogen and oxygen atoms in total. The number of pyridine rings is 1. The summed E-state index contributed by atoms with van der Waals surface area (Å²) < 4.78 is 0. The van der Waals surface area contributed by atoms with Gasteiger partial charge in [-0.25, -0.2) is 9.97 Å². The van der Waals surface area contributed by atoms with Gasteiger partial charge in [-0.3, -0.25) is 0 Å². The monoisotopic (exact) mass is 242 g/mol. The Labute approximate surface area is 102 Å². The Morgan fingerprint density at radius 3 is 2.53 bits per heavy atom. The molecule has 2 rings (SSSR count). The van der Waals surface area contributed by atoms with Crippen molar-refractivity contribution >= 4 is 18.4 Å². The highest BCUT2D eigenvalue weighted by atomic mass is 32.1. The van der Waals surface area contributed by atoms with E-state index in [1.165, 1.54) is 12.5 Å². The first-order valence-corrected chi connectivity index (χ1v) is 4.95. The third kappa shape index (κ3) is 1.69. The van der Waals surface area contributed by atoms with Crippen molar-refractivity contribution in [2.45, 2.75) is 5.03 Å². The topological polar surface area (TPSA) is 115 Å². The van der Waals surface area contributed by atoms with E-state index in [4.69, 9.17) is 16.3 Å². The number of H-pyrrole nitrogens is 1. The van der Waals surface area contributed by atoms with Crippen LogP contribution < -0.4 is 5.73 Å². The SMILES string of the molecule is N#Cc1c(N)nc(S)c(C#N)c1-c1cnc[nH]1. The Morgan fingerprint density at radius 1 is 1.29 bits per heavy atom. The molecule has 0 bridgehead atoms. The minimum Gasteiger partial charge on any atom is -0.383 e.